The van der Waals surface area contributed by atoms with Crippen LogP contribution in [-0.4, -0.2) is 57.3 Å². The molecule has 0 bridgehead atoms. The molecule has 0 radical (unpaired) electrons. The molecule has 2 fully saturated rings. The van der Waals surface area contributed by atoms with Crippen molar-refractivity contribution in [3.8, 4) is 11.5 Å². The fourth-order valence-corrected chi connectivity index (χ4v) is 4.71. The Morgan fingerprint density at radius 3 is 2.46 bits per heavy atom. The maximum Gasteiger partial charge on any atom is 0.407 e. The summed E-state index contributed by atoms with van der Waals surface area (Å²) in [5.74, 6) is 1.01. The molecule has 0 aliphatic carbocycles. The van der Waals surface area contributed by atoms with Gasteiger partial charge in [0.05, 0.1) is 11.4 Å². The van der Waals surface area contributed by atoms with E-state index in [0.29, 0.717) is 57.2 Å². The number of hydrogen-bond donors (Lipinski definition) is 1. The molecule has 3 aliphatic rings. The Bertz CT molecular complexity index is 770. The van der Waals surface area contributed by atoms with Crippen LogP contribution in [0.15, 0.2) is 23.1 Å². The van der Waals surface area contributed by atoms with Crippen molar-refractivity contribution in [3.63, 3.8) is 0 Å². The predicted octanol–water partition coefficient (Wildman–Crippen LogP) is 0.721. The lowest BCUT2D eigenvalue weighted by atomic mass is 9.93. The fraction of sp³-hybridized carbons (Fsp3) is 0.533. The second kappa shape index (κ2) is 5.52. The summed E-state index contributed by atoms with van der Waals surface area (Å²) in [6.45, 7) is 1.92. The molecule has 1 amide bonds. The second-order valence-corrected chi connectivity index (χ2v) is 8.07. The van der Waals surface area contributed by atoms with E-state index in [1.165, 1.54) is 16.4 Å². The largest absolute Gasteiger partial charge is 0.486 e. The number of amides is 1. The molecular formula is C15H18N2O6S. The Hall–Kier alpha value is -2.00. The van der Waals surface area contributed by atoms with Gasteiger partial charge >= 0.3 is 6.09 Å². The molecule has 8 nitrogen and oxygen atoms in total. The van der Waals surface area contributed by atoms with Crippen LogP contribution >= 0.6 is 0 Å². The molecule has 0 aromatic heterocycles. The van der Waals surface area contributed by atoms with Crippen LogP contribution in [0.2, 0.25) is 0 Å². The van der Waals surface area contributed by atoms with Gasteiger partial charge in [0.25, 0.3) is 0 Å². The third-order valence-corrected chi connectivity index (χ3v) is 6.54. The first-order valence-electron chi connectivity index (χ1n) is 7.85. The Labute approximate surface area is 139 Å². The van der Waals surface area contributed by atoms with Gasteiger partial charge in [-0.25, -0.2) is 13.2 Å². The van der Waals surface area contributed by atoms with E-state index in [4.69, 9.17) is 14.2 Å². The average molecular weight is 354 g/mol. The van der Waals surface area contributed by atoms with E-state index in [9.17, 15) is 13.2 Å². The van der Waals surface area contributed by atoms with Crippen molar-refractivity contribution in [2.75, 3.05) is 32.8 Å². The summed E-state index contributed by atoms with van der Waals surface area (Å²) in [5.41, 5.74) is -0.574. The molecule has 1 aromatic rings. The van der Waals surface area contributed by atoms with Crippen LogP contribution in [0.1, 0.15) is 12.8 Å². The van der Waals surface area contributed by atoms with Crippen LogP contribution in [0.3, 0.4) is 0 Å². The highest BCUT2D eigenvalue weighted by Gasteiger charge is 2.45. The van der Waals surface area contributed by atoms with E-state index in [1.54, 1.807) is 6.07 Å². The number of sulfonamides is 1. The number of ether oxygens (including phenoxy) is 3. The van der Waals surface area contributed by atoms with Crippen molar-refractivity contribution in [2.45, 2.75) is 23.3 Å². The number of nitrogens with zero attached hydrogens (tertiary/aromatic N) is 1. The molecule has 1 spiro atoms. The maximum atomic E-state index is 12.8. The standard InChI is InChI=1S/C15H18N2O6S/c18-14-16-10-15(23-14)3-5-17(6-4-15)24(19,20)11-1-2-12-13(9-11)22-8-7-21-12/h1-2,9H,3-8,10H2,(H,16,18). The average Bonchev–Trinajstić information content (AvgIpc) is 2.95. The molecule has 130 valence electrons. The SMILES string of the molecule is O=C1NCC2(CCN(S(=O)(=O)c3ccc4c(c3)OCCO4)CC2)O1. The smallest absolute Gasteiger partial charge is 0.407 e. The van der Waals surface area contributed by atoms with Crippen LogP contribution < -0.4 is 14.8 Å². The lowest BCUT2D eigenvalue weighted by Gasteiger charge is -2.36. The molecule has 0 unspecified atom stereocenters. The highest BCUT2D eigenvalue weighted by Crippen LogP contribution is 2.35. The molecular weight excluding hydrogens is 336 g/mol. The van der Waals surface area contributed by atoms with Gasteiger partial charge in [0.2, 0.25) is 10.0 Å². The van der Waals surface area contributed by atoms with Crippen LogP contribution in [0.4, 0.5) is 4.79 Å². The van der Waals surface area contributed by atoms with Crippen LogP contribution in [0.25, 0.3) is 0 Å². The number of hydrogen-bond acceptors (Lipinski definition) is 6. The summed E-state index contributed by atoms with van der Waals surface area (Å²) in [6, 6.07) is 4.66. The Kier molecular flexibility index (Phi) is 3.57. The Morgan fingerprint density at radius 1 is 1.08 bits per heavy atom. The summed E-state index contributed by atoms with van der Waals surface area (Å²) in [7, 11) is -3.62. The minimum absolute atomic E-state index is 0.184. The lowest BCUT2D eigenvalue weighted by molar-refractivity contribution is 0.0173. The minimum Gasteiger partial charge on any atom is -0.486 e. The number of piperidine rings is 1. The molecule has 0 saturated carbocycles. The number of alkyl carbamates (subject to hydrolysis) is 1. The van der Waals surface area contributed by atoms with Gasteiger partial charge in [-0.15, -0.1) is 0 Å². The van der Waals surface area contributed by atoms with E-state index >= 15 is 0 Å². The molecule has 0 atom stereocenters. The first-order valence-corrected chi connectivity index (χ1v) is 9.29. The summed E-state index contributed by atoms with van der Waals surface area (Å²) >= 11 is 0. The highest BCUT2D eigenvalue weighted by atomic mass is 32.2. The number of nitrogens with one attached hydrogen (secondary N) is 1. The molecule has 3 aliphatic heterocycles. The zero-order valence-corrected chi connectivity index (χ0v) is 13.8. The quantitative estimate of drug-likeness (QED) is 0.841. The van der Waals surface area contributed by atoms with Crippen molar-refractivity contribution in [1.82, 2.24) is 9.62 Å². The van der Waals surface area contributed by atoms with Gasteiger partial charge in [0.15, 0.2) is 11.5 Å². The summed E-state index contributed by atoms with van der Waals surface area (Å²) < 4.78 is 43.3. The van der Waals surface area contributed by atoms with E-state index in [1.807, 2.05) is 0 Å². The molecule has 3 heterocycles. The second-order valence-electron chi connectivity index (χ2n) is 6.14. The Balaban J connectivity index is 1.52. The zero-order chi connectivity index (χ0) is 16.8. The zero-order valence-electron chi connectivity index (χ0n) is 13.0. The summed E-state index contributed by atoms with van der Waals surface area (Å²) in [5, 5.41) is 2.64. The Morgan fingerprint density at radius 2 is 1.79 bits per heavy atom. The first kappa shape index (κ1) is 15.5. The van der Waals surface area contributed by atoms with Crippen LogP contribution in [-0.2, 0) is 14.8 Å². The summed E-state index contributed by atoms with van der Waals surface area (Å²) in [4.78, 5) is 11.4. The van der Waals surface area contributed by atoms with E-state index < -0.39 is 21.7 Å². The van der Waals surface area contributed by atoms with E-state index in [-0.39, 0.29) is 4.90 Å². The van der Waals surface area contributed by atoms with Crippen LogP contribution in [0, 0.1) is 0 Å². The number of fused-ring (bicyclic) bond motifs is 1. The topological polar surface area (TPSA) is 94.2 Å². The third-order valence-electron chi connectivity index (χ3n) is 4.65. The van der Waals surface area contributed by atoms with Gasteiger partial charge in [0, 0.05) is 32.0 Å². The van der Waals surface area contributed by atoms with Crippen molar-refractivity contribution >= 4 is 16.1 Å². The van der Waals surface area contributed by atoms with Gasteiger partial charge < -0.3 is 19.5 Å². The maximum absolute atomic E-state index is 12.8. The number of carbonyl (C=O) groups excluding carboxylic acids is 1. The molecule has 1 N–H and O–H groups in total. The number of benzene rings is 1. The third kappa shape index (κ3) is 2.57. The fourth-order valence-electron chi connectivity index (χ4n) is 3.25. The van der Waals surface area contributed by atoms with Gasteiger partial charge in [-0.1, -0.05) is 0 Å². The number of carbonyl (C=O) groups is 1. The van der Waals surface area contributed by atoms with Gasteiger partial charge in [-0.05, 0) is 12.1 Å². The molecule has 4 rings (SSSR count). The van der Waals surface area contributed by atoms with Crippen molar-refractivity contribution in [2.24, 2.45) is 0 Å². The van der Waals surface area contributed by atoms with Crippen molar-refractivity contribution in [1.29, 1.82) is 0 Å². The normalized spacial score (nSPS) is 22.9. The molecule has 9 heteroatoms. The van der Waals surface area contributed by atoms with E-state index in [2.05, 4.69) is 5.32 Å². The van der Waals surface area contributed by atoms with E-state index in [0.717, 1.165) is 0 Å². The first-order chi connectivity index (χ1) is 11.5. The van der Waals surface area contributed by atoms with Gasteiger partial charge in [-0.2, -0.15) is 4.31 Å². The predicted molar refractivity (Wildman–Crippen MR) is 82.6 cm³/mol. The van der Waals surface area contributed by atoms with Crippen molar-refractivity contribution < 1.29 is 27.4 Å². The molecule has 24 heavy (non-hydrogen) atoms. The van der Waals surface area contributed by atoms with Gasteiger partial charge in [0.1, 0.15) is 18.8 Å². The highest BCUT2D eigenvalue weighted by molar-refractivity contribution is 7.89. The lowest BCUT2D eigenvalue weighted by Crippen LogP contribution is -2.48. The summed E-state index contributed by atoms with van der Waals surface area (Å²) in [6.07, 6.45) is 0.531. The van der Waals surface area contributed by atoms with Gasteiger partial charge in [-0.3, -0.25) is 0 Å². The minimum atomic E-state index is -3.62. The molecule has 2 saturated heterocycles. The monoisotopic (exact) mass is 354 g/mol. The number of rotatable bonds is 2. The van der Waals surface area contributed by atoms with Crippen molar-refractivity contribution in [3.05, 3.63) is 18.2 Å². The van der Waals surface area contributed by atoms with Crippen LogP contribution in [0.5, 0.6) is 11.5 Å². The molecule has 1 aromatic carbocycles.